The van der Waals surface area contributed by atoms with Crippen molar-refractivity contribution in [2.45, 2.75) is 70.8 Å². The van der Waals surface area contributed by atoms with Crippen LogP contribution in [0, 0.1) is 17.6 Å². The van der Waals surface area contributed by atoms with Crippen LogP contribution in [0.2, 0.25) is 0 Å². The van der Waals surface area contributed by atoms with Gasteiger partial charge < -0.3 is 9.47 Å². The number of halogens is 4. The van der Waals surface area contributed by atoms with E-state index in [0.717, 1.165) is 32.3 Å². The van der Waals surface area contributed by atoms with Gasteiger partial charge in [-0.2, -0.15) is 0 Å². The van der Waals surface area contributed by atoms with Crippen molar-refractivity contribution in [3.8, 4) is 16.9 Å². The molecule has 4 rings (SSSR count). The van der Waals surface area contributed by atoms with E-state index in [9.17, 15) is 4.39 Å². The second-order valence-corrected chi connectivity index (χ2v) is 8.91. The summed E-state index contributed by atoms with van der Waals surface area (Å²) in [6.07, 6.45) is 4.38. The highest BCUT2D eigenvalue weighted by Gasteiger charge is 2.44. The molecule has 0 saturated carbocycles. The van der Waals surface area contributed by atoms with Crippen molar-refractivity contribution in [3.63, 3.8) is 0 Å². The van der Waals surface area contributed by atoms with E-state index in [-0.39, 0.29) is 35.2 Å². The van der Waals surface area contributed by atoms with Crippen LogP contribution in [-0.4, -0.2) is 19.3 Å². The Morgan fingerprint density at radius 2 is 1.78 bits per heavy atom. The molecule has 0 bridgehead atoms. The van der Waals surface area contributed by atoms with Crippen molar-refractivity contribution >= 4 is 0 Å². The summed E-state index contributed by atoms with van der Waals surface area (Å²) in [5.41, 5.74) is -0.139. The van der Waals surface area contributed by atoms with Crippen molar-refractivity contribution in [1.29, 1.82) is 0 Å². The highest BCUT2D eigenvalue weighted by atomic mass is 19.3. The number of aryl methyl sites for hydroxylation is 1. The van der Waals surface area contributed by atoms with E-state index >= 15 is 13.2 Å². The lowest BCUT2D eigenvalue weighted by Crippen LogP contribution is -2.27. The minimum absolute atomic E-state index is 0.0332. The molecule has 0 N–H and O–H groups in total. The Labute approximate surface area is 186 Å². The largest absolute Gasteiger partial charge is 0.491 e. The first-order chi connectivity index (χ1) is 15.4. The fraction of sp³-hybridized carbons (Fsp3) is 0.538. The Morgan fingerprint density at radius 3 is 2.47 bits per heavy atom. The molecule has 2 aromatic carbocycles. The molecule has 2 atom stereocenters. The summed E-state index contributed by atoms with van der Waals surface area (Å²) in [7, 11) is 0. The smallest absolute Gasteiger partial charge is 0.280 e. The first kappa shape index (κ1) is 23.1. The lowest BCUT2D eigenvalue weighted by molar-refractivity contribution is -0.0218. The van der Waals surface area contributed by atoms with E-state index in [1.807, 2.05) is 0 Å². The van der Waals surface area contributed by atoms with Gasteiger partial charge in [0.2, 0.25) is 0 Å². The number of fused-ring (bicyclic) bond motifs is 3. The van der Waals surface area contributed by atoms with Crippen LogP contribution in [-0.2, 0) is 23.5 Å². The molecule has 32 heavy (non-hydrogen) atoms. The maximum atomic E-state index is 15.3. The van der Waals surface area contributed by atoms with Gasteiger partial charge >= 0.3 is 0 Å². The minimum Gasteiger partial charge on any atom is -0.491 e. The maximum absolute atomic E-state index is 15.3. The van der Waals surface area contributed by atoms with Gasteiger partial charge in [-0.05, 0) is 67.7 Å². The zero-order chi connectivity index (χ0) is 22.9. The molecular formula is C26H30F4O2. The summed E-state index contributed by atoms with van der Waals surface area (Å²) in [6.45, 7) is 4.80. The van der Waals surface area contributed by atoms with Gasteiger partial charge in [0.05, 0.1) is 18.3 Å². The molecule has 0 spiro atoms. The van der Waals surface area contributed by atoms with Gasteiger partial charge in [0, 0.05) is 18.6 Å². The number of hydrogen-bond acceptors (Lipinski definition) is 2. The van der Waals surface area contributed by atoms with Crippen LogP contribution in [0.25, 0.3) is 11.1 Å². The summed E-state index contributed by atoms with van der Waals surface area (Å²) in [6, 6.07) is 6.01. The summed E-state index contributed by atoms with van der Waals surface area (Å²) in [5, 5.41) is 0. The number of alkyl halides is 2. The van der Waals surface area contributed by atoms with E-state index < -0.39 is 29.5 Å². The molecule has 1 fully saturated rings. The van der Waals surface area contributed by atoms with Crippen molar-refractivity contribution in [2.24, 2.45) is 5.92 Å². The second-order valence-electron chi connectivity index (χ2n) is 8.91. The van der Waals surface area contributed by atoms with E-state index in [2.05, 4.69) is 6.92 Å². The van der Waals surface area contributed by atoms with Crippen LogP contribution in [0.1, 0.15) is 62.6 Å². The lowest BCUT2D eigenvalue weighted by atomic mass is 9.81. The number of rotatable bonds is 7. The van der Waals surface area contributed by atoms with E-state index in [4.69, 9.17) is 9.47 Å². The summed E-state index contributed by atoms with van der Waals surface area (Å²) in [4.78, 5) is 0. The molecule has 174 valence electrons. The van der Waals surface area contributed by atoms with Crippen LogP contribution in [0.3, 0.4) is 0 Å². The van der Waals surface area contributed by atoms with Gasteiger partial charge in [-0.15, -0.1) is 0 Å². The molecule has 0 amide bonds. The van der Waals surface area contributed by atoms with Crippen molar-refractivity contribution in [3.05, 3.63) is 52.6 Å². The number of hydrogen-bond donors (Lipinski definition) is 0. The average Bonchev–Trinajstić information content (AvgIpc) is 2.76. The maximum Gasteiger partial charge on any atom is 0.280 e. The first-order valence-corrected chi connectivity index (χ1v) is 11.6. The normalized spacial score (nSPS) is 21.7. The van der Waals surface area contributed by atoms with E-state index in [1.165, 1.54) is 12.1 Å². The zero-order valence-electron chi connectivity index (χ0n) is 18.7. The van der Waals surface area contributed by atoms with Crippen molar-refractivity contribution < 1.29 is 27.0 Å². The van der Waals surface area contributed by atoms with E-state index in [0.29, 0.717) is 24.3 Å². The molecule has 1 aliphatic heterocycles. The predicted molar refractivity (Wildman–Crippen MR) is 116 cm³/mol. The summed E-state index contributed by atoms with van der Waals surface area (Å²) in [5.74, 6) is -4.65. The third kappa shape index (κ3) is 4.39. The fourth-order valence-electron chi connectivity index (χ4n) is 5.04. The Morgan fingerprint density at radius 1 is 1.00 bits per heavy atom. The minimum atomic E-state index is -3.50. The highest BCUT2D eigenvalue weighted by molar-refractivity contribution is 5.76. The zero-order valence-corrected chi connectivity index (χ0v) is 18.7. The van der Waals surface area contributed by atoms with Gasteiger partial charge in [-0.3, -0.25) is 0 Å². The van der Waals surface area contributed by atoms with Crippen LogP contribution in [0.15, 0.2) is 24.3 Å². The number of benzene rings is 2. The standard InChI is InChI=1S/C26H30F4O2/c1-3-5-16-6-9-18(32-15-16)10-7-17-8-11-20-19-12-13-22(31-4-2)25(28)21(19)14-26(29,30)23(20)24(17)27/h8,11-13,16,18H,3-7,9-10,14-15H2,1-2H3. The topological polar surface area (TPSA) is 18.5 Å². The molecule has 2 aromatic rings. The molecular weight excluding hydrogens is 420 g/mol. The molecule has 0 aromatic heterocycles. The average molecular weight is 451 g/mol. The van der Waals surface area contributed by atoms with Gasteiger partial charge in [0.25, 0.3) is 5.92 Å². The Bertz CT molecular complexity index is 965. The Balaban J connectivity index is 1.57. The van der Waals surface area contributed by atoms with Crippen LogP contribution >= 0.6 is 0 Å². The summed E-state index contributed by atoms with van der Waals surface area (Å²) >= 11 is 0. The summed E-state index contributed by atoms with van der Waals surface area (Å²) < 4.78 is 71.4. The fourth-order valence-corrected chi connectivity index (χ4v) is 5.04. The molecule has 1 aliphatic carbocycles. The molecule has 1 heterocycles. The molecule has 0 radical (unpaired) electrons. The SMILES string of the molecule is CCCC1CCC(CCc2ccc3c(c2F)C(F)(F)Cc2c-3ccc(OCC)c2F)OC1. The lowest BCUT2D eigenvalue weighted by Gasteiger charge is -2.30. The molecule has 2 nitrogen and oxygen atoms in total. The van der Waals surface area contributed by atoms with Crippen molar-refractivity contribution in [1.82, 2.24) is 0 Å². The van der Waals surface area contributed by atoms with Crippen molar-refractivity contribution in [2.75, 3.05) is 13.2 Å². The molecule has 2 unspecified atom stereocenters. The monoisotopic (exact) mass is 450 g/mol. The molecule has 6 heteroatoms. The molecule has 2 aliphatic rings. The Kier molecular flexibility index (Phi) is 6.80. The third-order valence-electron chi connectivity index (χ3n) is 6.68. The van der Waals surface area contributed by atoms with Crippen LogP contribution in [0.4, 0.5) is 17.6 Å². The van der Waals surface area contributed by atoms with Crippen LogP contribution in [0.5, 0.6) is 5.75 Å². The van der Waals surface area contributed by atoms with Gasteiger partial charge in [-0.1, -0.05) is 31.5 Å². The predicted octanol–water partition coefficient (Wildman–Crippen LogP) is 7.21. The van der Waals surface area contributed by atoms with Gasteiger partial charge in [0.1, 0.15) is 5.82 Å². The van der Waals surface area contributed by atoms with Crippen LogP contribution < -0.4 is 4.74 Å². The number of ether oxygens (including phenoxy) is 2. The van der Waals surface area contributed by atoms with Gasteiger partial charge in [0.15, 0.2) is 11.6 Å². The Hall–Kier alpha value is -2.08. The first-order valence-electron chi connectivity index (χ1n) is 11.6. The van der Waals surface area contributed by atoms with E-state index in [1.54, 1.807) is 19.1 Å². The highest BCUT2D eigenvalue weighted by Crippen LogP contribution is 2.49. The quantitative estimate of drug-likeness (QED) is 0.415. The molecule has 1 saturated heterocycles. The third-order valence-corrected chi connectivity index (χ3v) is 6.68. The second kappa shape index (κ2) is 9.42. The van der Waals surface area contributed by atoms with Gasteiger partial charge in [-0.25, -0.2) is 17.6 Å².